The first kappa shape index (κ1) is 26.6. The highest BCUT2D eigenvalue weighted by Gasteiger charge is 2.25. The highest BCUT2D eigenvalue weighted by molar-refractivity contribution is 6.36. The van der Waals surface area contributed by atoms with Crippen molar-refractivity contribution in [2.45, 2.75) is 0 Å². The van der Waals surface area contributed by atoms with Crippen LogP contribution in [-0.4, -0.2) is 9.85 Å². The van der Waals surface area contributed by atoms with Gasteiger partial charge in [-0.15, -0.1) is 0 Å². The van der Waals surface area contributed by atoms with Gasteiger partial charge in [-0.1, -0.05) is 46.4 Å². The number of non-ortho nitro benzene ring substituents is 2. The van der Waals surface area contributed by atoms with Crippen LogP contribution in [0.3, 0.4) is 0 Å². The van der Waals surface area contributed by atoms with Crippen LogP contribution < -0.4 is 4.74 Å². The average Bonchev–Trinajstić information content (AvgIpc) is 2.85. The summed E-state index contributed by atoms with van der Waals surface area (Å²) < 4.78 is 36.0. The van der Waals surface area contributed by atoms with Gasteiger partial charge in [0.2, 0.25) is 0 Å². The van der Waals surface area contributed by atoms with Crippen LogP contribution in [0.1, 0.15) is 0 Å². The standard InChI is InChI=1S/C24H10Cl4F2N2O5/c25-15-3-5-17(27)23(29)21(15)13-9-11(31(33)34)1-7-19(13)37-20-8-2-12(32(35)36)10-14(20)22-16(26)4-6-18(28)24(22)30/h1-10H. The maximum Gasteiger partial charge on any atom is 0.270 e. The zero-order chi connectivity index (χ0) is 27.0. The molecule has 0 saturated heterocycles. The molecule has 4 rings (SSSR count). The van der Waals surface area contributed by atoms with Gasteiger partial charge in [0.15, 0.2) is 11.6 Å². The van der Waals surface area contributed by atoms with Crippen LogP contribution in [-0.2, 0) is 0 Å². The van der Waals surface area contributed by atoms with Crippen LogP contribution in [0.15, 0.2) is 60.7 Å². The number of nitro benzene ring substituents is 2. The normalized spacial score (nSPS) is 10.9. The Morgan fingerprint density at radius 1 is 0.595 bits per heavy atom. The molecule has 0 aliphatic carbocycles. The van der Waals surface area contributed by atoms with E-state index in [1.54, 1.807) is 0 Å². The lowest BCUT2D eigenvalue weighted by Crippen LogP contribution is -1.98. The van der Waals surface area contributed by atoms with E-state index in [1.807, 2.05) is 0 Å². The number of hydrogen-bond donors (Lipinski definition) is 0. The first-order valence-corrected chi connectivity index (χ1v) is 11.5. The van der Waals surface area contributed by atoms with E-state index < -0.39 is 32.9 Å². The minimum absolute atomic E-state index is 0.125. The molecule has 4 aromatic carbocycles. The molecule has 37 heavy (non-hydrogen) atoms. The Hall–Kier alpha value is -3.50. The number of halogens is 6. The molecule has 7 nitrogen and oxygen atoms in total. The maximum atomic E-state index is 15.0. The van der Waals surface area contributed by atoms with Crippen LogP contribution in [0.25, 0.3) is 22.3 Å². The number of benzene rings is 4. The molecular formula is C24H10Cl4F2N2O5. The monoisotopic (exact) mass is 584 g/mol. The van der Waals surface area contributed by atoms with Crippen molar-refractivity contribution in [2.24, 2.45) is 0 Å². The molecular weight excluding hydrogens is 576 g/mol. The van der Waals surface area contributed by atoms with E-state index in [9.17, 15) is 20.2 Å². The van der Waals surface area contributed by atoms with E-state index in [4.69, 9.17) is 51.1 Å². The first-order chi connectivity index (χ1) is 17.5. The van der Waals surface area contributed by atoms with Crippen molar-refractivity contribution in [3.05, 3.63) is 113 Å². The minimum Gasteiger partial charge on any atom is -0.456 e. The van der Waals surface area contributed by atoms with E-state index in [0.717, 1.165) is 24.3 Å². The average molecular weight is 586 g/mol. The summed E-state index contributed by atoms with van der Waals surface area (Å²) in [5, 5.41) is 22.0. The van der Waals surface area contributed by atoms with Crippen molar-refractivity contribution >= 4 is 57.8 Å². The minimum atomic E-state index is -0.965. The smallest absolute Gasteiger partial charge is 0.270 e. The summed E-state index contributed by atoms with van der Waals surface area (Å²) in [5.41, 5.74) is -1.70. The molecule has 4 aromatic rings. The highest BCUT2D eigenvalue weighted by Crippen LogP contribution is 2.46. The van der Waals surface area contributed by atoms with Gasteiger partial charge in [-0.05, 0) is 36.4 Å². The molecule has 0 atom stereocenters. The van der Waals surface area contributed by atoms with E-state index >= 15 is 8.78 Å². The summed E-state index contributed by atoms with van der Waals surface area (Å²) in [6.45, 7) is 0. The predicted molar refractivity (Wildman–Crippen MR) is 137 cm³/mol. The summed E-state index contributed by atoms with van der Waals surface area (Å²) in [5.74, 6) is -2.23. The van der Waals surface area contributed by atoms with Gasteiger partial charge in [0.05, 0.1) is 29.9 Å². The Bertz CT molecular complexity index is 1480. The summed E-state index contributed by atoms with van der Waals surface area (Å²) in [6, 6.07) is 11.6. The second-order valence-corrected chi connectivity index (χ2v) is 9.04. The van der Waals surface area contributed by atoms with E-state index in [-0.39, 0.29) is 53.8 Å². The van der Waals surface area contributed by atoms with Crippen LogP contribution in [0.4, 0.5) is 20.2 Å². The molecule has 0 unspecified atom stereocenters. The fourth-order valence-electron chi connectivity index (χ4n) is 3.50. The molecule has 0 aliphatic heterocycles. The zero-order valence-corrected chi connectivity index (χ0v) is 21.0. The summed E-state index contributed by atoms with van der Waals surface area (Å²) in [4.78, 5) is 21.4. The lowest BCUT2D eigenvalue weighted by atomic mass is 10.0. The predicted octanol–water partition coefficient (Wildman–Crippen LogP) is 9.52. The Morgan fingerprint density at radius 2 is 0.946 bits per heavy atom. The van der Waals surface area contributed by atoms with Gasteiger partial charge < -0.3 is 4.74 Å². The summed E-state index contributed by atoms with van der Waals surface area (Å²) in [6.07, 6.45) is 0. The van der Waals surface area contributed by atoms with Gasteiger partial charge in [-0.3, -0.25) is 20.2 Å². The molecule has 0 spiro atoms. The van der Waals surface area contributed by atoms with Crippen molar-refractivity contribution in [2.75, 3.05) is 0 Å². The molecule has 0 amide bonds. The molecule has 0 aromatic heterocycles. The molecule has 13 heteroatoms. The molecule has 0 N–H and O–H groups in total. The third-order valence-electron chi connectivity index (χ3n) is 5.19. The Kier molecular flexibility index (Phi) is 7.52. The maximum absolute atomic E-state index is 15.0. The highest BCUT2D eigenvalue weighted by atomic mass is 35.5. The van der Waals surface area contributed by atoms with Crippen molar-refractivity contribution in [3.63, 3.8) is 0 Å². The van der Waals surface area contributed by atoms with E-state index in [1.165, 1.54) is 36.4 Å². The second-order valence-electron chi connectivity index (χ2n) is 7.41. The number of ether oxygens (including phenoxy) is 1. The van der Waals surface area contributed by atoms with E-state index in [2.05, 4.69) is 0 Å². The van der Waals surface area contributed by atoms with Crippen LogP contribution in [0.2, 0.25) is 20.1 Å². The quantitative estimate of drug-likeness (QED) is 0.127. The topological polar surface area (TPSA) is 95.5 Å². The summed E-state index contributed by atoms with van der Waals surface area (Å²) >= 11 is 24.2. The van der Waals surface area contributed by atoms with Gasteiger partial charge in [-0.2, -0.15) is 0 Å². The Balaban J connectivity index is 1.98. The number of nitrogens with zero attached hydrogens (tertiary/aromatic N) is 2. The lowest BCUT2D eigenvalue weighted by molar-refractivity contribution is -0.385. The number of rotatable bonds is 6. The van der Waals surface area contributed by atoms with Gasteiger partial charge >= 0.3 is 0 Å². The molecule has 0 aliphatic rings. The van der Waals surface area contributed by atoms with Crippen LogP contribution in [0.5, 0.6) is 11.5 Å². The first-order valence-electron chi connectivity index (χ1n) is 10.0. The van der Waals surface area contributed by atoms with Gasteiger partial charge in [0.1, 0.15) is 11.5 Å². The Morgan fingerprint density at radius 3 is 1.30 bits per heavy atom. The SMILES string of the molecule is O=[N+]([O-])c1ccc(Oc2ccc([N+](=O)[O-])cc2-c2c(Cl)ccc(Cl)c2F)c(-c2c(Cl)ccc(Cl)c2F)c1. The van der Waals surface area contributed by atoms with Crippen molar-refractivity contribution in [3.8, 4) is 33.8 Å². The molecule has 0 saturated carbocycles. The molecule has 0 fully saturated rings. The largest absolute Gasteiger partial charge is 0.456 e. The second kappa shape index (κ2) is 10.5. The third kappa shape index (κ3) is 5.17. The molecule has 0 radical (unpaired) electrons. The van der Waals surface area contributed by atoms with E-state index in [0.29, 0.717) is 0 Å². The molecule has 188 valence electrons. The third-order valence-corrected chi connectivity index (χ3v) is 6.41. The molecule has 0 heterocycles. The lowest BCUT2D eigenvalue weighted by Gasteiger charge is -2.17. The zero-order valence-electron chi connectivity index (χ0n) is 18.0. The Labute approximate surface area is 227 Å². The van der Waals surface area contributed by atoms with Crippen molar-refractivity contribution in [1.29, 1.82) is 0 Å². The number of nitro groups is 2. The van der Waals surface area contributed by atoms with Gasteiger partial charge in [0, 0.05) is 46.5 Å². The van der Waals surface area contributed by atoms with Crippen LogP contribution >= 0.6 is 46.4 Å². The summed E-state index contributed by atoms with van der Waals surface area (Å²) in [7, 11) is 0. The fraction of sp³-hybridized carbons (Fsp3) is 0. The van der Waals surface area contributed by atoms with Crippen molar-refractivity contribution < 1.29 is 23.4 Å². The van der Waals surface area contributed by atoms with Crippen molar-refractivity contribution in [1.82, 2.24) is 0 Å². The fourth-order valence-corrected chi connectivity index (χ4v) is 4.31. The number of hydrogen-bond acceptors (Lipinski definition) is 5. The van der Waals surface area contributed by atoms with Gasteiger partial charge in [0.25, 0.3) is 11.4 Å². The molecule has 0 bridgehead atoms. The van der Waals surface area contributed by atoms with Gasteiger partial charge in [-0.25, -0.2) is 8.78 Å². The van der Waals surface area contributed by atoms with Crippen LogP contribution in [0, 0.1) is 31.9 Å².